The molecule has 1 atom stereocenters. The van der Waals surface area contributed by atoms with Crippen molar-refractivity contribution in [2.24, 2.45) is 11.3 Å². The average Bonchev–Trinajstić information content (AvgIpc) is 3.29. The van der Waals surface area contributed by atoms with Gasteiger partial charge in [-0.1, -0.05) is 6.92 Å². The molecular weight excluding hydrogens is 370 g/mol. The monoisotopic (exact) mass is 397 g/mol. The molecule has 2 aromatic rings. The van der Waals surface area contributed by atoms with Crippen LogP contribution in [0.2, 0.25) is 0 Å². The molecule has 154 valence electrons. The van der Waals surface area contributed by atoms with E-state index in [2.05, 4.69) is 43.0 Å². The minimum absolute atomic E-state index is 0.0350. The Hall–Kier alpha value is -2.65. The van der Waals surface area contributed by atoms with Crippen LogP contribution in [0.4, 0.5) is 11.8 Å². The summed E-state index contributed by atoms with van der Waals surface area (Å²) in [5, 5.41) is 17.7. The van der Waals surface area contributed by atoms with Crippen molar-refractivity contribution < 1.29 is 9.53 Å². The maximum absolute atomic E-state index is 12.3. The summed E-state index contributed by atoms with van der Waals surface area (Å²) in [6.07, 6.45) is 6.19. The Kier molecular flexibility index (Phi) is 5.96. The van der Waals surface area contributed by atoms with Crippen molar-refractivity contribution >= 4 is 17.7 Å². The van der Waals surface area contributed by atoms with Crippen LogP contribution in [0.1, 0.15) is 26.2 Å². The molecule has 0 spiro atoms. The van der Waals surface area contributed by atoms with Gasteiger partial charge in [0, 0.05) is 38.1 Å². The summed E-state index contributed by atoms with van der Waals surface area (Å²) < 4.78 is 5.46. The average molecular weight is 397 g/mol. The number of ether oxygens (including phenoxy) is 1. The topological polar surface area (TPSA) is 114 Å². The van der Waals surface area contributed by atoms with Crippen LogP contribution in [0.25, 0.3) is 11.3 Å². The lowest BCUT2D eigenvalue weighted by atomic mass is 9.82. The lowest BCUT2D eigenvalue weighted by Gasteiger charge is -2.33. The second kappa shape index (κ2) is 8.79. The van der Waals surface area contributed by atoms with E-state index in [1.165, 1.54) is 0 Å². The highest BCUT2D eigenvalue weighted by atomic mass is 16.5. The van der Waals surface area contributed by atoms with E-state index in [4.69, 9.17) is 4.74 Å². The van der Waals surface area contributed by atoms with Crippen molar-refractivity contribution in [2.45, 2.75) is 26.2 Å². The number of aromatic nitrogens is 4. The van der Waals surface area contributed by atoms with Crippen LogP contribution in [0, 0.1) is 11.3 Å². The van der Waals surface area contributed by atoms with Gasteiger partial charge in [-0.05, 0) is 43.4 Å². The molecule has 2 aromatic heterocycles. The third-order valence-electron chi connectivity index (χ3n) is 5.67. The zero-order chi connectivity index (χ0) is 20.1. The molecule has 4 rings (SSSR count). The maximum Gasteiger partial charge on any atom is 0.231 e. The Labute approximate surface area is 170 Å². The van der Waals surface area contributed by atoms with Gasteiger partial charge in [-0.2, -0.15) is 5.10 Å². The van der Waals surface area contributed by atoms with E-state index < -0.39 is 0 Å². The predicted octanol–water partition coefficient (Wildman–Crippen LogP) is 1.71. The van der Waals surface area contributed by atoms with Gasteiger partial charge in [0.05, 0.1) is 17.8 Å². The SMILES string of the molecule is CC1(CNc2cc(-c3ccnc(NC(=O)[C@@H]4CCNC4)n3)cnn2)CCOCC1. The highest BCUT2D eigenvalue weighted by molar-refractivity contribution is 5.91. The first-order valence-corrected chi connectivity index (χ1v) is 10.1. The van der Waals surface area contributed by atoms with Gasteiger partial charge in [0.15, 0.2) is 0 Å². The lowest BCUT2D eigenvalue weighted by molar-refractivity contribution is -0.119. The molecule has 2 fully saturated rings. The van der Waals surface area contributed by atoms with Crippen LogP contribution < -0.4 is 16.0 Å². The molecule has 9 nitrogen and oxygen atoms in total. The van der Waals surface area contributed by atoms with Crippen LogP contribution in [0.5, 0.6) is 0 Å². The molecule has 2 aliphatic rings. The minimum atomic E-state index is -0.0490. The van der Waals surface area contributed by atoms with Crippen molar-refractivity contribution in [2.75, 3.05) is 43.5 Å². The van der Waals surface area contributed by atoms with Crippen LogP contribution in [0.15, 0.2) is 24.5 Å². The smallest absolute Gasteiger partial charge is 0.231 e. The van der Waals surface area contributed by atoms with Crippen molar-refractivity contribution in [3.05, 3.63) is 24.5 Å². The van der Waals surface area contributed by atoms with Gasteiger partial charge >= 0.3 is 0 Å². The van der Waals surface area contributed by atoms with Crippen molar-refractivity contribution in [3.63, 3.8) is 0 Å². The first kappa shape index (κ1) is 19.7. The fourth-order valence-corrected chi connectivity index (χ4v) is 3.61. The van der Waals surface area contributed by atoms with Crippen LogP contribution >= 0.6 is 0 Å². The summed E-state index contributed by atoms with van der Waals surface area (Å²) in [7, 11) is 0. The van der Waals surface area contributed by atoms with E-state index in [9.17, 15) is 4.79 Å². The first-order chi connectivity index (χ1) is 14.1. The van der Waals surface area contributed by atoms with E-state index in [-0.39, 0.29) is 17.2 Å². The fraction of sp³-hybridized carbons (Fsp3) is 0.550. The third-order valence-corrected chi connectivity index (χ3v) is 5.67. The van der Waals surface area contributed by atoms with Crippen LogP contribution in [-0.4, -0.2) is 58.9 Å². The van der Waals surface area contributed by atoms with Gasteiger partial charge in [-0.25, -0.2) is 9.97 Å². The highest BCUT2D eigenvalue weighted by Crippen LogP contribution is 2.30. The van der Waals surface area contributed by atoms with Gasteiger partial charge in [0.2, 0.25) is 11.9 Å². The van der Waals surface area contributed by atoms with Crippen LogP contribution in [-0.2, 0) is 9.53 Å². The molecule has 0 aliphatic carbocycles. The number of hydrogen-bond acceptors (Lipinski definition) is 8. The molecule has 29 heavy (non-hydrogen) atoms. The zero-order valence-corrected chi connectivity index (χ0v) is 16.6. The maximum atomic E-state index is 12.3. The number of carbonyl (C=O) groups excluding carboxylic acids is 1. The van der Waals surface area contributed by atoms with E-state index in [1.807, 2.05) is 6.07 Å². The zero-order valence-electron chi connectivity index (χ0n) is 16.6. The van der Waals surface area contributed by atoms with Gasteiger partial charge in [-0.15, -0.1) is 5.10 Å². The molecule has 0 radical (unpaired) electrons. The molecule has 3 N–H and O–H groups in total. The molecule has 0 unspecified atom stereocenters. The molecule has 1 amide bonds. The lowest BCUT2D eigenvalue weighted by Crippen LogP contribution is -2.33. The van der Waals surface area contributed by atoms with E-state index in [0.29, 0.717) is 24.0 Å². The number of anilines is 2. The number of nitrogens with one attached hydrogen (secondary N) is 3. The van der Waals surface area contributed by atoms with E-state index in [1.54, 1.807) is 18.5 Å². The van der Waals surface area contributed by atoms with Crippen molar-refractivity contribution in [1.29, 1.82) is 0 Å². The van der Waals surface area contributed by atoms with E-state index in [0.717, 1.165) is 51.1 Å². The summed E-state index contributed by atoms with van der Waals surface area (Å²) in [5.41, 5.74) is 1.70. The Morgan fingerprint density at radius 1 is 1.38 bits per heavy atom. The Bertz CT molecular complexity index is 848. The second-order valence-corrected chi connectivity index (χ2v) is 8.05. The standard InChI is InChI=1S/C20H27N7O2/c1-20(4-8-29-9-5-20)13-23-17-10-15(12-24-27-17)16-3-7-22-19(25-16)26-18(28)14-2-6-21-11-14/h3,7,10,12,14,21H,2,4-6,8-9,11,13H2,1H3,(H,23,27)(H,22,25,26,28)/t14-/m1/s1. The summed E-state index contributed by atoms with van der Waals surface area (Å²) in [6.45, 7) is 6.24. The predicted molar refractivity (Wildman–Crippen MR) is 109 cm³/mol. The molecule has 0 saturated carbocycles. The molecule has 0 bridgehead atoms. The molecule has 0 aromatic carbocycles. The summed E-state index contributed by atoms with van der Waals surface area (Å²) in [4.78, 5) is 21.0. The van der Waals surface area contributed by atoms with E-state index >= 15 is 0 Å². The fourth-order valence-electron chi connectivity index (χ4n) is 3.61. The summed E-state index contributed by atoms with van der Waals surface area (Å²) >= 11 is 0. The Morgan fingerprint density at radius 3 is 3.03 bits per heavy atom. The quantitative estimate of drug-likeness (QED) is 0.675. The van der Waals surface area contributed by atoms with Gasteiger partial charge in [0.25, 0.3) is 0 Å². The summed E-state index contributed by atoms with van der Waals surface area (Å²) in [5.74, 6) is 0.927. The van der Waals surface area contributed by atoms with Gasteiger partial charge in [0.1, 0.15) is 5.82 Å². The highest BCUT2D eigenvalue weighted by Gasteiger charge is 2.27. The van der Waals surface area contributed by atoms with Crippen molar-refractivity contribution in [3.8, 4) is 11.3 Å². The second-order valence-electron chi connectivity index (χ2n) is 8.05. The largest absolute Gasteiger partial charge is 0.381 e. The summed E-state index contributed by atoms with van der Waals surface area (Å²) in [6, 6.07) is 3.72. The normalized spacial score (nSPS) is 20.9. The minimum Gasteiger partial charge on any atom is -0.381 e. The van der Waals surface area contributed by atoms with Crippen LogP contribution in [0.3, 0.4) is 0 Å². The Balaban J connectivity index is 1.43. The third kappa shape index (κ3) is 5.04. The molecule has 2 saturated heterocycles. The Morgan fingerprint density at radius 2 is 2.24 bits per heavy atom. The number of nitrogens with zero attached hydrogens (tertiary/aromatic N) is 4. The van der Waals surface area contributed by atoms with Gasteiger partial charge in [-0.3, -0.25) is 10.1 Å². The van der Waals surface area contributed by atoms with Crippen molar-refractivity contribution in [1.82, 2.24) is 25.5 Å². The number of hydrogen-bond donors (Lipinski definition) is 3. The first-order valence-electron chi connectivity index (χ1n) is 10.1. The number of carbonyl (C=O) groups is 1. The van der Waals surface area contributed by atoms with Gasteiger partial charge < -0.3 is 15.4 Å². The number of rotatable bonds is 6. The molecule has 4 heterocycles. The molecule has 2 aliphatic heterocycles. The molecule has 9 heteroatoms. The number of amides is 1. The molecular formula is C20H27N7O2.